The second-order valence-electron chi connectivity index (χ2n) is 5.00. The highest BCUT2D eigenvalue weighted by Gasteiger charge is 2.09. The lowest BCUT2D eigenvalue weighted by Crippen LogP contribution is -1.97. The van der Waals surface area contributed by atoms with Gasteiger partial charge in [-0.2, -0.15) is 14.9 Å². The molecule has 0 radical (unpaired) electrons. The zero-order chi connectivity index (χ0) is 17.8. The predicted molar refractivity (Wildman–Crippen MR) is 98.4 cm³/mol. The molecule has 3 rings (SSSR count). The van der Waals surface area contributed by atoms with E-state index < -0.39 is 5.82 Å². The molecule has 0 aliphatic heterocycles. The summed E-state index contributed by atoms with van der Waals surface area (Å²) < 4.78 is 21.0. The third-order valence-electron chi connectivity index (χ3n) is 3.38. The molecule has 0 aliphatic carbocycles. The van der Waals surface area contributed by atoms with Crippen molar-refractivity contribution in [3.63, 3.8) is 0 Å². The van der Waals surface area contributed by atoms with Gasteiger partial charge < -0.3 is 4.74 Å². The molecule has 0 saturated heterocycles. The zero-order valence-corrected chi connectivity index (χ0v) is 14.8. The van der Waals surface area contributed by atoms with Crippen LogP contribution in [0.1, 0.15) is 12.5 Å². The monoisotopic (exact) mass is 376 g/mol. The lowest BCUT2D eigenvalue weighted by Gasteiger charge is -2.05. The van der Waals surface area contributed by atoms with Crippen LogP contribution in [-0.2, 0) is 0 Å². The van der Waals surface area contributed by atoms with Gasteiger partial charge >= 0.3 is 0 Å². The fourth-order valence-electron chi connectivity index (χ4n) is 2.20. The summed E-state index contributed by atoms with van der Waals surface area (Å²) in [6.07, 6.45) is 1.32. The minimum atomic E-state index is -0.464. The van der Waals surface area contributed by atoms with Gasteiger partial charge in [-0.15, -0.1) is 0 Å². The first-order valence-electron chi connectivity index (χ1n) is 7.49. The van der Waals surface area contributed by atoms with Crippen molar-refractivity contribution in [3.05, 3.63) is 63.6 Å². The van der Waals surface area contributed by atoms with Crippen molar-refractivity contribution in [3.8, 4) is 17.1 Å². The van der Waals surface area contributed by atoms with Crippen LogP contribution < -0.4 is 4.74 Å². The number of hydrogen-bond donors (Lipinski definition) is 1. The smallest absolute Gasteiger partial charge is 0.216 e. The first-order valence-corrected chi connectivity index (χ1v) is 8.27. The normalized spacial score (nSPS) is 11.2. The molecule has 5 nitrogen and oxygen atoms in total. The Morgan fingerprint density at radius 2 is 2.08 bits per heavy atom. The van der Waals surface area contributed by atoms with Crippen LogP contribution in [0.5, 0.6) is 5.75 Å². The molecule has 0 spiro atoms. The van der Waals surface area contributed by atoms with Gasteiger partial charge in [0.1, 0.15) is 11.6 Å². The summed E-state index contributed by atoms with van der Waals surface area (Å²) in [4.78, 5) is 0. The molecule has 0 atom stereocenters. The van der Waals surface area contributed by atoms with Crippen LogP contribution in [0.2, 0.25) is 5.02 Å². The number of rotatable bonds is 5. The SMILES string of the molecule is CCOc1ccc(-c2n[nH]c(=S)n2N=Cc2c(F)cccc2Cl)cc1. The second kappa shape index (κ2) is 7.58. The Balaban J connectivity index is 1.97. The van der Waals surface area contributed by atoms with Crippen LogP contribution in [0.3, 0.4) is 0 Å². The van der Waals surface area contributed by atoms with Crippen LogP contribution in [0.4, 0.5) is 4.39 Å². The van der Waals surface area contributed by atoms with E-state index in [-0.39, 0.29) is 15.4 Å². The summed E-state index contributed by atoms with van der Waals surface area (Å²) in [6.45, 7) is 2.51. The zero-order valence-electron chi connectivity index (χ0n) is 13.2. The number of halogens is 2. The van der Waals surface area contributed by atoms with Crippen LogP contribution in [0.25, 0.3) is 11.4 Å². The van der Waals surface area contributed by atoms with Gasteiger partial charge in [0.25, 0.3) is 0 Å². The highest BCUT2D eigenvalue weighted by atomic mass is 35.5. The van der Waals surface area contributed by atoms with E-state index in [0.29, 0.717) is 12.4 Å². The molecule has 0 bridgehead atoms. The first kappa shape index (κ1) is 17.3. The molecular weight excluding hydrogens is 363 g/mol. The summed E-state index contributed by atoms with van der Waals surface area (Å²) in [7, 11) is 0. The van der Waals surface area contributed by atoms with Gasteiger partial charge in [0.05, 0.1) is 17.8 Å². The molecule has 0 fully saturated rings. The summed E-state index contributed by atoms with van der Waals surface area (Å²) in [6, 6.07) is 11.8. The largest absolute Gasteiger partial charge is 0.494 e. The lowest BCUT2D eigenvalue weighted by atomic mass is 10.2. The number of nitrogens with zero attached hydrogens (tertiary/aromatic N) is 3. The van der Waals surface area contributed by atoms with Crippen molar-refractivity contribution >= 4 is 30.0 Å². The van der Waals surface area contributed by atoms with E-state index in [0.717, 1.165) is 11.3 Å². The summed E-state index contributed by atoms with van der Waals surface area (Å²) in [5.74, 6) is 0.791. The number of H-pyrrole nitrogens is 1. The van der Waals surface area contributed by atoms with E-state index in [9.17, 15) is 4.39 Å². The van der Waals surface area contributed by atoms with Gasteiger partial charge in [-0.1, -0.05) is 17.7 Å². The average molecular weight is 377 g/mol. The van der Waals surface area contributed by atoms with Crippen LogP contribution in [0.15, 0.2) is 47.6 Å². The Morgan fingerprint density at radius 1 is 1.32 bits per heavy atom. The van der Waals surface area contributed by atoms with Crippen molar-refractivity contribution < 1.29 is 9.13 Å². The number of benzene rings is 2. The van der Waals surface area contributed by atoms with Crippen molar-refractivity contribution in [1.82, 2.24) is 14.9 Å². The first-order chi connectivity index (χ1) is 12.1. The van der Waals surface area contributed by atoms with E-state index >= 15 is 0 Å². The van der Waals surface area contributed by atoms with Gasteiger partial charge in [-0.25, -0.2) is 9.49 Å². The minimum Gasteiger partial charge on any atom is -0.494 e. The third-order valence-corrected chi connectivity index (χ3v) is 3.97. The quantitative estimate of drug-likeness (QED) is 0.519. The van der Waals surface area contributed by atoms with Gasteiger partial charge in [-0.3, -0.25) is 0 Å². The number of hydrogen-bond acceptors (Lipinski definition) is 4. The summed E-state index contributed by atoms with van der Waals surface area (Å²) in [5, 5.41) is 11.4. The fourth-order valence-corrected chi connectivity index (χ4v) is 2.59. The highest BCUT2D eigenvalue weighted by Crippen LogP contribution is 2.22. The molecule has 3 aromatic rings. The van der Waals surface area contributed by atoms with Crippen molar-refractivity contribution in [2.75, 3.05) is 6.61 Å². The predicted octanol–water partition coefficient (Wildman–Crippen LogP) is 4.68. The van der Waals surface area contributed by atoms with Gasteiger partial charge in [0, 0.05) is 11.1 Å². The molecular formula is C17H14ClFN4OS. The number of nitrogens with one attached hydrogen (secondary N) is 1. The lowest BCUT2D eigenvalue weighted by molar-refractivity contribution is 0.340. The van der Waals surface area contributed by atoms with E-state index in [1.807, 2.05) is 31.2 Å². The number of aromatic nitrogens is 3. The number of aromatic amines is 1. The molecule has 25 heavy (non-hydrogen) atoms. The molecule has 128 valence electrons. The average Bonchev–Trinajstić information content (AvgIpc) is 2.96. The Bertz CT molecular complexity index is 945. The van der Waals surface area contributed by atoms with Gasteiger partial charge in [-0.05, 0) is 55.5 Å². The Hall–Kier alpha value is -2.51. The minimum absolute atomic E-state index is 0.185. The molecule has 1 N–H and O–H groups in total. The molecule has 0 amide bonds. The molecule has 0 aliphatic rings. The van der Waals surface area contributed by atoms with Crippen LogP contribution >= 0.6 is 23.8 Å². The van der Waals surface area contributed by atoms with E-state index in [1.165, 1.54) is 23.0 Å². The topological polar surface area (TPSA) is 55.2 Å². The fraction of sp³-hybridized carbons (Fsp3) is 0.118. The maximum absolute atomic E-state index is 13.9. The maximum Gasteiger partial charge on any atom is 0.216 e. The maximum atomic E-state index is 13.9. The van der Waals surface area contributed by atoms with Crippen molar-refractivity contribution in [1.29, 1.82) is 0 Å². The van der Waals surface area contributed by atoms with E-state index in [4.69, 9.17) is 28.6 Å². The third kappa shape index (κ3) is 3.78. The molecule has 2 aromatic carbocycles. The van der Waals surface area contributed by atoms with Gasteiger partial charge in [0.2, 0.25) is 4.77 Å². The van der Waals surface area contributed by atoms with Crippen LogP contribution in [0, 0.1) is 10.6 Å². The van der Waals surface area contributed by atoms with Crippen molar-refractivity contribution in [2.45, 2.75) is 6.92 Å². The molecule has 0 unspecified atom stereocenters. The summed E-state index contributed by atoms with van der Waals surface area (Å²) in [5.41, 5.74) is 0.970. The van der Waals surface area contributed by atoms with Crippen LogP contribution in [-0.4, -0.2) is 27.7 Å². The summed E-state index contributed by atoms with van der Waals surface area (Å²) >= 11 is 11.2. The highest BCUT2D eigenvalue weighted by molar-refractivity contribution is 7.71. The van der Waals surface area contributed by atoms with E-state index in [1.54, 1.807) is 6.07 Å². The Labute approximate surface area is 153 Å². The van der Waals surface area contributed by atoms with Crippen molar-refractivity contribution in [2.24, 2.45) is 5.10 Å². The van der Waals surface area contributed by atoms with E-state index in [2.05, 4.69) is 15.3 Å². The standard InChI is InChI=1S/C17H14ClFN4OS/c1-2-24-12-8-6-11(7-9-12)16-21-22-17(25)23(16)20-10-13-14(18)4-3-5-15(13)19/h3-10H,2H2,1H3,(H,22,25). The second-order valence-corrected chi connectivity index (χ2v) is 5.80. The Morgan fingerprint density at radius 3 is 2.76 bits per heavy atom. The molecule has 0 saturated carbocycles. The molecule has 8 heteroatoms. The molecule has 1 aromatic heterocycles. The Kier molecular flexibility index (Phi) is 5.25. The molecule has 1 heterocycles. The van der Waals surface area contributed by atoms with Gasteiger partial charge in [0.15, 0.2) is 5.82 Å². The number of ether oxygens (including phenoxy) is 1.